The molecule has 0 saturated carbocycles. The van der Waals surface area contributed by atoms with E-state index in [2.05, 4.69) is 80.8 Å². The highest BCUT2D eigenvalue weighted by Gasteiger charge is 2.46. The first-order valence-corrected chi connectivity index (χ1v) is 26.2. The molecule has 2 heterocycles. The van der Waals surface area contributed by atoms with Crippen LogP contribution in [-0.2, 0) is 47.6 Å². The van der Waals surface area contributed by atoms with Gasteiger partial charge in [0.2, 0.25) is 5.69 Å². The molecular weight excluding hydrogens is 869 g/mol. The van der Waals surface area contributed by atoms with Crippen molar-refractivity contribution in [2.45, 2.75) is 101 Å². The second kappa shape index (κ2) is 17.8. The van der Waals surface area contributed by atoms with Gasteiger partial charge in [0.25, 0.3) is 30.4 Å². The smallest absolute Gasteiger partial charge is 0.295 e. The van der Waals surface area contributed by atoms with E-state index in [0.717, 1.165) is 94.5 Å². The van der Waals surface area contributed by atoms with Gasteiger partial charge in [0, 0.05) is 52.9 Å². The van der Waals surface area contributed by atoms with Gasteiger partial charge in [-0.3, -0.25) is 13.7 Å². The molecule has 0 fully saturated rings. The van der Waals surface area contributed by atoms with Crippen molar-refractivity contribution >= 4 is 74.6 Å². The van der Waals surface area contributed by atoms with Crippen molar-refractivity contribution in [1.82, 2.24) is 0 Å². The van der Waals surface area contributed by atoms with Crippen molar-refractivity contribution in [1.29, 1.82) is 0 Å². The lowest BCUT2D eigenvalue weighted by atomic mass is 9.79. The fourth-order valence-corrected chi connectivity index (χ4v) is 11.3. The Labute approximate surface area is 377 Å². The maximum atomic E-state index is 12.5. The molecule has 5 aromatic rings. The van der Waals surface area contributed by atoms with Gasteiger partial charge in [0.15, 0.2) is 5.71 Å². The molecule has 0 aliphatic carbocycles. The van der Waals surface area contributed by atoms with Gasteiger partial charge in [-0.1, -0.05) is 95.1 Å². The number of anilines is 1. The summed E-state index contributed by atoms with van der Waals surface area (Å²) in [6, 6.07) is 25.5. The van der Waals surface area contributed by atoms with E-state index in [1.54, 1.807) is 30.3 Å². The van der Waals surface area contributed by atoms with Crippen LogP contribution in [0.3, 0.4) is 0 Å². The van der Waals surface area contributed by atoms with Crippen LogP contribution in [0.25, 0.3) is 27.1 Å². The monoisotopic (exact) mass is 925 g/mol. The predicted molar refractivity (Wildman–Crippen MR) is 257 cm³/mol. The van der Waals surface area contributed by atoms with E-state index in [-0.39, 0.29) is 22.8 Å². The van der Waals surface area contributed by atoms with Gasteiger partial charge >= 0.3 is 0 Å². The lowest BCUT2D eigenvalue weighted by molar-refractivity contribution is -0.438. The number of unbranched alkanes of at least 4 members (excludes halogenated alkanes) is 2. The fourth-order valence-electron chi connectivity index (χ4n) is 9.62. The maximum Gasteiger partial charge on any atom is 0.295 e. The van der Waals surface area contributed by atoms with Gasteiger partial charge in [-0.15, -0.1) is 0 Å². The first-order valence-electron chi connectivity index (χ1n) is 21.7. The van der Waals surface area contributed by atoms with Crippen molar-refractivity contribution in [2.24, 2.45) is 0 Å². The largest absolute Gasteiger partial charge is 0.344 e. The summed E-state index contributed by atoms with van der Waals surface area (Å²) in [6.45, 7) is 13.6. The summed E-state index contributed by atoms with van der Waals surface area (Å²) < 4.78 is 106. The molecule has 0 amide bonds. The van der Waals surface area contributed by atoms with Gasteiger partial charge in [-0.05, 0) is 114 Å². The number of benzene rings is 5. The number of hydrogen-bond donors (Lipinski definition) is 3. The number of allylic oxidation sites excluding steroid dienone is 6. The van der Waals surface area contributed by atoms with E-state index in [9.17, 15) is 38.9 Å². The van der Waals surface area contributed by atoms with E-state index in [0.29, 0.717) is 10.8 Å². The molecule has 0 atom stereocenters. The van der Waals surface area contributed by atoms with E-state index < -0.39 is 46.9 Å². The predicted octanol–water partition coefficient (Wildman–Crippen LogP) is 10.6. The second-order valence-corrected chi connectivity index (χ2v) is 22.2. The van der Waals surface area contributed by atoms with Crippen molar-refractivity contribution < 1.29 is 43.5 Å². The van der Waals surface area contributed by atoms with Crippen LogP contribution >= 0.6 is 0 Å². The molecule has 2 aliphatic rings. The Kier molecular flexibility index (Phi) is 13.1. The second-order valence-electron chi connectivity index (χ2n) is 17.8. The van der Waals surface area contributed by atoms with Crippen LogP contribution in [-0.4, -0.2) is 68.0 Å². The minimum Gasteiger partial charge on any atom is -0.344 e. The molecule has 0 aromatic heterocycles. The molecule has 3 N–H and O–H groups in total. The molecule has 0 spiro atoms. The average molecular weight is 926 g/mol. The quantitative estimate of drug-likeness (QED) is 0.0492. The molecule has 7 rings (SSSR count). The molecule has 0 radical (unpaired) electrons. The average Bonchev–Trinajstić information content (AvgIpc) is 3.58. The van der Waals surface area contributed by atoms with Crippen LogP contribution in [0.2, 0.25) is 0 Å². The number of fused-ring (bicyclic) bond motifs is 6. The van der Waals surface area contributed by atoms with E-state index in [1.165, 1.54) is 17.7 Å². The van der Waals surface area contributed by atoms with Gasteiger partial charge in [0.05, 0.1) is 16.1 Å². The van der Waals surface area contributed by atoms with Crippen LogP contribution in [0.5, 0.6) is 0 Å². The Morgan fingerprint density at radius 1 is 0.719 bits per heavy atom. The zero-order chi connectivity index (χ0) is 46.4. The summed E-state index contributed by atoms with van der Waals surface area (Å²) in [7, 11) is -13.3. The van der Waals surface area contributed by atoms with Crippen molar-refractivity contribution in [3.8, 4) is 0 Å². The minimum absolute atomic E-state index is 0.118. The van der Waals surface area contributed by atoms with E-state index in [1.807, 2.05) is 37.0 Å². The number of nitrogens with zero attached hydrogens (tertiary/aromatic N) is 2. The summed E-state index contributed by atoms with van der Waals surface area (Å²) in [5.41, 5.74) is 7.08. The van der Waals surface area contributed by atoms with Gasteiger partial charge in [0.1, 0.15) is 11.4 Å². The third kappa shape index (κ3) is 9.27. The summed E-state index contributed by atoms with van der Waals surface area (Å²) in [5.74, 6) is -0.445. The summed E-state index contributed by atoms with van der Waals surface area (Å²) in [5, 5.41) is 2.61. The van der Waals surface area contributed by atoms with E-state index in [4.69, 9.17) is 0 Å². The fraction of sp³-hybridized carbons (Fsp3) is 0.340. The third-order valence-electron chi connectivity index (χ3n) is 12.7. The first-order chi connectivity index (χ1) is 30.1. The number of rotatable bonds is 16. The van der Waals surface area contributed by atoms with Gasteiger partial charge in [-0.25, -0.2) is 0 Å². The van der Waals surface area contributed by atoms with Crippen molar-refractivity contribution in [3.05, 3.63) is 137 Å². The molecule has 64 heavy (non-hydrogen) atoms. The summed E-state index contributed by atoms with van der Waals surface area (Å²) in [4.78, 5) is 1.66. The standard InChI is InChI=1S/C50H56N2O9S3/c1-7-9-14-34-15-11-16-37(32-34)35(22-28-46-50(5,6)48-41-33-38(63(56,57)58)23-19-36(41)20-25-42(48)51(46)29-10-8-2)21-27-45-49(3,4)47-40-17-12-18-44(64(59,60)61)39(40)24-26-43(47)52(45)30-13-31-62(53,54)55/h11-12,15-28,32-33H,7-10,13-14,29-31H2,1-6H3,(H2-,53,54,55,56,57,58,59,60,61)/p+1. The highest BCUT2D eigenvalue weighted by atomic mass is 32.2. The lowest BCUT2D eigenvalue weighted by Gasteiger charge is -2.27. The van der Waals surface area contributed by atoms with E-state index >= 15 is 0 Å². The van der Waals surface area contributed by atoms with Gasteiger partial charge < -0.3 is 4.90 Å². The summed E-state index contributed by atoms with van der Waals surface area (Å²) in [6.07, 6.45) is 13.3. The maximum absolute atomic E-state index is 12.5. The molecule has 0 unspecified atom stereocenters. The molecule has 5 aromatic carbocycles. The zero-order valence-electron chi connectivity index (χ0n) is 37.2. The van der Waals surface area contributed by atoms with Crippen molar-refractivity contribution in [2.75, 3.05) is 23.7 Å². The third-order valence-corrected chi connectivity index (χ3v) is 15.2. The Balaban J connectivity index is 1.42. The topological polar surface area (TPSA) is 169 Å². The highest BCUT2D eigenvalue weighted by Crippen LogP contribution is 2.52. The molecule has 338 valence electrons. The Morgan fingerprint density at radius 2 is 1.44 bits per heavy atom. The lowest BCUT2D eigenvalue weighted by Crippen LogP contribution is -2.28. The SMILES string of the molecule is CCCCc1cccc(C(=C\C=C2\N(CCCS(=O)(=O)O)c3ccc4c(S(=O)(=O)O)cccc4c3C2(C)C)/C=C/C2=[N+](CCCC)c3ccc4ccc(S(=O)(=O)O)cc4c3C2(C)C)c1. The number of aryl methyl sites for hydroxylation is 1. The highest BCUT2D eigenvalue weighted by molar-refractivity contribution is 7.86. The molecule has 11 nitrogen and oxygen atoms in total. The van der Waals surface area contributed by atoms with Crippen molar-refractivity contribution in [3.63, 3.8) is 0 Å². The van der Waals surface area contributed by atoms with Crippen LogP contribution in [0.15, 0.2) is 125 Å². The molecule has 14 heteroatoms. The molecule has 0 saturated heterocycles. The Bertz CT molecular complexity index is 3140. The van der Waals surface area contributed by atoms with Crippen LogP contribution in [0.4, 0.5) is 11.4 Å². The Hall–Kier alpha value is -4.96. The summed E-state index contributed by atoms with van der Waals surface area (Å²) >= 11 is 0. The van der Waals surface area contributed by atoms with Gasteiger partial charge in [-0.2, -0.15) is 29.8 Å². The normalized spacial score (nSPS) is 17.0. The van der Waals surface area contributed by atoms with Crippen LogP contribution in [0, 0.1) is 0 Å². The number of hydrogen-bond acceptors (Lipinski definition) is 7. The minimum atomic E-state index is -4.55. The molecule has 0 bridgehead atoms. The first kappa shape index (κ1) is 47.0. The van der Waals surface area contributed by atoms with Crippen LogP contribution < -0.4 is 4.90 Å². The molecular formula is C50H57N2O9S3+. The van der Waals surface area contributed by atoms with Crippen LogP contribution in [0.1, 0.15) is 95.9 Å². The molecule has 2 aliphatic heterocycles. The zero-order valence-corrected chi connectivity index (χ0v) is 39.6. The Morgan fingerprint density at radius 3 is 2.12 bits per heavy atom.